The molecule has 3 nitrogen and oxygen atoms in total. The molecule has 0 aromatic heterocycles. The number of hydrogen-bond acceptors (Lipinski definition) is 2. The minimum Gasteiger partial charge on any atom is -0.352 e. The third-order valence-electron chi connectivity index (χ3n) is 1.65. The first-order valence-electron chi connectivity index (χ1n) is 3.62. The van der Waals surface area contributed by atoms with Crippen LogP contribution in [-0.2, 0) is 4.79 Å². The zero-order valence-corrected chi connectivity index (χ0v) is 6.02. The number of carbonyl (C=O) groups excluding carboxylic acids is 1. The van der Waals surface area contributed by atoms with Crippen molar-refractivity contribution in [2.45, 2.75) is 18.9 Å². The van der Waals surface area contributed by atoms with E-state index < -0.39 is 0 Å². The highest BCUT2D eigenvalue weighted by Crippen LogP contribution is 1.96. The van der Waals surface area contributed by atoms with Gasteiger partial charge in [0.25, 0.3) is 0 Å². The van der Waals surface area contributed by atoms with Gasteiger partial charge in [-0.15, -0.1) is 0 Å². The summed E-state index contributed by atoms with van der Waals surface area (Å²) < 4.78 is 0. The van der Waals surface area contributed by atoms with Crippen LogP contribution in [0.15, 0.2) is 0 Å². The van der Waals surface area contributed by atoms with Crippen molar-refractivity contribution in [2.75, 3.05) is 13.1 Å². The minimum absolute atomic E-state index is 0.0497. The molecule has 0 aliphatic carbocycles. The molecule has 1 rings (SSSR count). The molecule has 10 heavy (non-hydrogen) atoms. The molecule has 1 unspecified atom stereocenters. The molecular formula is C7H13N2O. The second kappa shape index (κ2) is 3.56. The van der Waals surface area contributed by atoms with Crippen LogP contribution in [0, 0.1) is 6.92 Å². The summed E-state index contributed by atoms with van der Waals surface area (Å²) in [4.78, 5) is 10.8. The Morgan fingerprint density at radius 3 is 3.10 bits per heavy atom. The average molecular weight is 141 g/mol. The maximum atomic E-state index is 10.8. The molecule has 3 heteroatoms. The van der Waals surface area contributed by atoms with Gasteiger partial charge in [-0.1, -0.05) is 0 Å². The quantitative estimate of drug-likeness (QED) is 0.554. The van der Waals surface area contributed by atoms with Crippen molar-refractivity contribution in [3.05, 3.63) is 6.92 Å². The maximum absolute atomic E-state index is 10.8. The molecule has 2 N–H and O–H groups in total. The molecule has 0 saturated carbocycles. The van der Waals surface area contributed by atoms with Crippen LogP contribution in [0.1, 0.15) is 12.8 Å². The van der Waals surface area contributed by atoms with Gasteiger partial charge in [-0.3, -0.25) is 4.79 Å². The summed E-state index contributed by atoms with van der Waals surface area (Å²) in [5.74, 6) is 0.0497. The van der Waals surface area contributed by atoms with Gasteiger partial charge in [0, 0.05) is 19.0 Å². The van der Waals surface area contributed by atoms with Gasteiger partial charge < -0.3 is 10.6 Å². The summed E-state index contributed by atoms with van der Waals surface area (Å²) in [6, 6.07) is 0.342. The fourth-order valence-corrected chi connectivity index (χ4v) is 1.08. The molecule has 57 valence electrons. The van der Waals surface area contributed by atoms with Gasteiger partial charge in [0.1, 0.15) is 0 Å². The van der Waals surface area contributed by atoms with Crippen molar-refractivity contribution in [3.63, 3.8) is 0 Å². The van der Waals surface area contributed by atoms with Crippen molar-refractivity contribution >= 4 is 5.91 Å². The van der Waals surface area contributed by atoms with E-state index in [1.165, 1.54) is 0 Å². The van der Waals surface area contributed by atoms with E-state index in [9.17, 15) is 4.79 Å². The second-order valence-electron chi connectivity index (χ2n) is 2.51. The smallest absolute Gasteiger partial charge is 0.220 e. The molecule has 0 bridgehead atoms. The molecule has 0 spiro atoms. The van der Waals surface area contributed by atoms with E-state index in [-0.39, 0.29) is 5.91 Å². The third kappa shape index (κ3) is 1.99. The lowest BCUT2D eigenvalue weighted by Gasteiger charge is -2.08. The highest BCUT2D eigenvalue weighted by molar-refractivity contribution is 5.76. The van der Waals surface area contributed by atoms with Crippen LogP contribution in [0.2, 0.25) is 0 Å². The van der Waals surface area contributed by atoms with E-state index >= 15 is 0 Å². The first kappa shape index (κ1) is 7.54. The summed E-state index contributed by atoms with van der Waals surface area (Å²) in [7, 11) is 0. The number of amides is 1. The fourth-order valence-electron chi connectivity index (χ4n) is 1.08. The van der Waals surface area contributed by atoms with Crippen molar-refractivity contribution in [1.82, 2.24) is 10.6 Å². The van der Waals surface area contributed by atoms with Crippen LogP contribution < -0.4 is 10.6 Å². The summed E-state index contributed by atoms with van der Waals surface area (Å²) in [5.41, 5.74) is 0. The van der Waals surface area contributed by atoms with Crippen LogP contribution >= 0.6 is 0 Å². The maximum Gasteiger partial charge on any atom is 0.220 e. The van der Waals surface area contributed by atoms with Crippen LogP contribution in [0.5, 0.6) is 0 Å². The Morgan fingerprint density at radius 2 is 2.60 bits per heavy atom. The molecule has 0 aromatic rings. The van der Waals surface area contributed by atoms with E-state index in [1.807, 2.05) is 0 Å². The van der Waals surface area contributed by atoms with Crippen LogP contribution in [0.3, 0.4) is 0 Å². The zero-order chi connectivity index (χ0) is 7.40. The van der Waals surface area contributed by atoms with E-state index in [2.05, 4.69) is 17.6 Å². The van der Waals surface area contributed by atoms with Gasteiger partial charge in [-0.2, -0.15) is 0 Å². The Morgan fingerprint density at radius 1 is 1.80 bits per heavy atom. The largest absolute Gasteiger partial charge is 0.352 e. The molecule has 1 aliphatic rings. The van der Waals surface area contributed by atoms with Gasteiger partial charge in [-0.25, -0.2) is 0 Å². The van der Waals surface area contributed by atoms with Gasteiger partial charge in [-0.05, 0) is 19.9 Å². The summed E-state index contributed by atoms with van der Waals surface area (Å²) in [5, 5.41) is 6.03. The first-order valence-corrected chi connectivity index (χ1v) is 3.62. The minimum atomic E-state index is 0.0497. The van der Waals surface area contributed by atoms with Crippen molar-refractivity contribution in [1.29, 1.82) is 0 Å². The highest BCUT2D eigenvalue weighted by atomic mass is 16.1. The Balaban J connectivity index is 2.17. The van der Waals surface area contributed by atoms with E-state index in [4.69, 9.17) is 0 Å². The molecule has 1 atom stereocenters. The molecule has 1 radical (unpaired) electrons. The van der Waals surface area contributed by atoms with Crippen LogP contribution in [0.4, 0.5) is 0 Å². The summed E-state index contributed by atoms with van der Waals surface area (Å²) in [6.45, 7) is 5.42. The van der Waals surface area contributed by atoms with Gasteiger partial charge in [0.15, 0.2) is 0 Å². The van der Waals surface area contributed by atoms with Crippen molar-refractivity contribution in [2.24, 2.45) is 0 Å². The van der Waals surface area contributed by atoms with E-state index in [0.717, 1.165) is 19.5 Å². The molecule has 0 aromatic carbocycles. The van der Waals surface area contributed by atoms with Crippen molar-refractivity contribution in [3.8, 4) is 0 Å². The molecule has 1 aliphatic heterocycles. The molecule has 1 amide bonds. The predicted octanol–water partition coefficient (Wildman–Crippen LogP) is -0.311. The predicted molar refractivity (Wildman–Crippen MR) is 39.4 cm³/mol. The monoisotopic (exact) mass is 141 g/mol. The molecular weight excluding hydrogens is 128 g/mol. The summed E-state index contributed by atoms with van der Waals surface area (Å²) >= 11 is 0. The first-order chi connectivity index (χ1) is 4.83. The zero-order valence-electron chi connectivity index (χ0n) is 6.02. The standard InChI is InChI=1S/C7H13N2O/c1-2-7(10)9-6-3-4-8-5-6/h6,8H,1-5H2,(H,9,10). The second-order valence-corrected chi connectivity index (χ2v) is 2.51. The number of rotatable bonds is 2. The molecule has 1 heterocycles. The lowest BCUT2D eigenvalue weighted by atomic mass is 10.2. The topological polar surface area (TPSA) is 41.1 Å². The normalized spacial score (nSPS) is 24.7. The Bertz CT molecular complexity index is 119. The van der Waals surface area contributed by atoms with E-state index in [0.29, 0.717) is 12.5 Å². The van der Waals surface area contributed by atoms with E-state index in [1.54, 1.807) is 0 Å². The fraction of sp³-hybridized carbons (Fsp3) is 0.714. The van der Waals surface area contributed by atoms with Crippen LogP contribution in [0.25, 0.3) is 0 Å². The highest BCUT2D eigenvalue weighted by Gasteiger charge is 2.14. The number of carbonyl (C=O) groups is 1. The lowest BCUT2D eigenvalue weighted by molar-refractivity contribution is -0.120. The van der Waals surface area contributed by atoms with Gasteiger partial charge in [0.05, 0.1) is 0 Å². The van der Waals surface area contributed by atoms with Crippen molar-refractivity contribution < 1.29 is 4.79 Å². The molecule has 1 fully saturated rings. The summed E-state index contributed by atoms with van der Waals surface area (Å²) in [6.07, 6.45) is 1.39. The average Bonchev–Trinajstić information content (AvgIpc) is 2.40. The molecule has 1 saturated heterocycles. The SMILES string of the molecule is [CH2]CC(=O)NC1CCNC1. The van der Waals surface area contributed by atoms with Gasteiger partial charge in [0.2, 0.25) is 5.91 Å². The lowest BCUT2D eigenvalue weighted by Crippen LogP contribution is -2.35. The number of nitrogens with one attached hydrogen (secondary N) is 2. The Kier molecular flexibility index (Phi) is 2.68. The Labute approximate surface area is 61.2 Å². The van der Waals surface area contributed by atoms with Crippen LogP contribution in [-0.4, -0.2) is 25.0 Å². The number of hydrogen-bond donors (Lipinski definition) is 2. The Hall–Kier alpha value is -0.570. The third-order valence-corrected chi connectivity index (χ3v) is 1.65. The van der Waals surface area contributed by atoms with Gasteiger partial charge >= 0.3 is 0 Å².